The molecule has 29 heavy (non-hydrogen) atoms. The van der Waals surface area contributed by atoms with Gasteiger partial charge in [0.15, 0.2) is 0 Å². The van der Waals surface area contributed by atoms with E-state index in [4.69, 9.17) is 5.11 Å². The van der Waals surface area contributed by atoms with Crippen LogP contribution in [-0.2, 0) is 11.2 Å². The summed E-state index contributed by atoms with van der Waals surface area (Å²) in [6.45, 7) is 5.46. The van der Waals surface area contributed by atoms with Crippen LogP contribution in [0.4, 0.5) is 0 Å². The Morgan fingerprint density at radius 3 is 2.69 bits per heavy atom. The number of carbonyl (C=O) groups is 1. The van der Waals surface area contributed by atoms with Crippen molar-refractivity contribution < 1.29 is 15.0 Å². The average molecular weight is 400 g/mol. The van der Waals surface area contributed by atoms with Crippen molar-refractivity contribution in [2.75, 3.05) is 6.54 Å². The molecule has 0 radical (unpaired) electrons. The topological polar surface area (TPSA) is 69.6 Å². The van der Waals surface area contributed by atoms with E-state index in [9.17, 15) is 9.90 Å². The molecule has 3 aliphatic carbocycles. The van der Waals surface area contributed by atoms with Gasteiger partial charge in [0.1, 0.15) is 0 Å². The highest BCUT2D eigenvalue weighted by atomic mass is 16.4. The van der Waals surface area contributed by atoms with E-state index >= 15 is 0 Å². The van der Waals surface area contributed by atoms with E-state index in [0.717, 1.165) is 24.7 Å². The van der Waals surface area contributed by atoms with Gasteiger partial charge in [0.25, 0.3) is 0 Å². The molecule has 160 valence electrons. The van der Waals surface area contributed by atoms with E-state index in [2.05, 4.69) is 43.4 Å². The van der Waals surface area contributed by atoms with Gasteiger partial charge in [0, 0.05) is 19.0 Å². The van der Waals surface area contributed by atoms with Crippen molar-refractivity contribution in [3.05, 3.63) is 48.0 Å². The lowest BCUT2D eigenvalue weighted by molar-refractivity contribution is -0.137. The van der Waals surface area contributed by atoms with Crippen LogP contribution in [0, 0.1) is 23.2 Å². The molecule has 4 rings (SSSR count). The normalized spacial score (nSPS) is 28.8. The molecule has 0 heterocycles. The van der Waals surface area contributed by atoms with Crippen LogP contribution < -0.4 is 5.32 Å². The number of rotatable bonds is 11. The molecule has 0 aliphatic heterocycles. The van der Waals surface area contributed by atoms with Gasteiger partial charge in [0.2, 0.25) is 0 Å². The van der Waals surface area contributed by atoms with Crippen LogP contribution in [0.3, 0.4) is 0 Å². The van der Waals surface area contributed by atoms with Crippen LogP contribution in [-0.4, -0.2) is 34.9 Å². The van der Waals surface area contributed by atoms with Crippen LogP contribution in [0.25, 0.3) is 0 Å². The molecular formula is C25H37NO3. The van der Waals surface area contributed by atoms with Crippen LogP contribution in [0.2, 0.25) is 0 Å². The summed E-state index contributed by atoms with van der Waals surface area (Å²) in [5.74, 6) is 1.39. The fourth-order valence-electron chi connectivity index (χ4n) is 5.50. The van der Waals surface area contributed by atoms with E-state index in [-0.39, 0.29) is 12.5 Å². The van der Waals surface area contributed by atoms with Gasteiger partial charge >= 0.3 is 5.97 Å². The molecule has 4 heteroatoms. The maximum Gasteiger partial charge on any atom is 0.303 e. The van der Waals surface area contributed by atoms with Crippen molar-refractivity contribution >= 4 is 5.97 Å². The van der Waals surface area contributed by atoms with E-state index in [1.165, 1.54) is 18.4 Å². The zero-order valence-corrected chi connectivity index (χ0v) is 17.9. The number of hydrogen-bond acceptors (Lipinski definition) is 3. The molecule has 3 fully saturated rings. The zero-order valence-electron chi connectivity index (χ0n) is 17.9. The van der Waals surface area contributed by atoms with Crippen molar-refractivity contribution in [1.82, 2.24) is 5.32 Å². The van der Waals surface area contributed by atoms with Gasteiger partial charge in [-0.25, -0.2) is 0 Å². The number of hydrogen-bond donors (Lipinski definition) is 3. The summed E-state index contributed by atoms with van der Waals surface area (Å²) in [6.07, 6.45) is 10.1. The molecule has 3 saturated carbocycles. The first kappa shape index (κ1) is 22.0. The smallest absolute Gasteiger partial charge is 0.303 e. The first-order valence-corrected chi connectivity index (χ1v) is 11.2. The lowest BCUT2D eigenvalue weighted by Gasteiger charge is -2.63. The third kappa shape index (κ3) is 5.70. The molecule has 5 atom stereocenters. The summed E-state index contributed by atoms with van der Waals surface area (Å²) in [5, 5.41) is 22.9. The first-order valence-electron chi connectivity index (χ1n) is 11.2. The minimum Gasteiger partial charge on any atom is -0.481 e. The molecule has 1 aromatic rings. The summed E-state index contributed by atoms with van der Waals surface area (Å²) in [6, 6.07) is 10.6. The second-order valence-corrected chi connectivity index (χ2v) is 9.61. The molecule has 1 aromatic carbocycles. The SMILES string of the molecule is CC1(C)C2CC(NCC(O)Cc3ccccc3)C(C/C=C/CCCC(=O)O)C1C2. The van der Waals surface area contributed by atoms with Crippen molar-refractivity contribution in [1.29, 1.82) is 0 Å². The Balaban J connectivity index is 1.50. The summed E-state index contributed by atoms with van der Waals surface area (Å²) < 4.78 is 0. The van der Waals surface area contributed by atoms with E-state index in [1.54, 1.807) is 0 Å². The van der Waals surface area contributed by atoms with Crippen molar-refractivity contribution in [3.63, 3.8) is 0 Å². The molecule has 0 saturated heterocycles. The summed E-state index contributed by atoms with van der Waals surface area (Å²) in [7, 11) is 0. The molecule has 0 aromatic heterocycles. The Kier molecular flexibility index (Phi) is 7.53. The lowest BCUT2D eigenvalue weighted by atomic mass is 9.44. The third-order valence-electron chi connectivity index (χ3n) is 7.38. The number of aliphatic carboxylic acids is 1. The van der Waals surface area contributed by atoms with Gasteiger partial charge in [-0.1, -0.05) is 56.3 Å². The van der Waals surface area contributed by atoms with E-state index in [0.29, 0.717) is 36.8 Å². The van der Waals surface area contributed by atoms with Crippen molar-refractivity contribution in [3.8, 4) is 0 Å². The highest BCUT2D eigenvalue weighted by molar-refractivity contribution is 5.66. The number of carboxylic acids is 1. The second-order valence-electron chi connectivity index (χ2n) is 9.61. The van der Waals surface area contributed by atoms with E-state index in [1.807, 2.05) is 18.2 Å². The monoisotopic (exact) mass is 399 g/mol. The quantitative estimate of drug-likeness (QED) is 0.380. The number of unbranched alkanes of at least 4 members (excludes halogenated alkanes) is 1. The molecular weight excluding hydrogens is 362 g/mol. The van der Waals surface area contributed by atoms with Gasteiger partial charge < -0.3 is 15.5 Å². The number of benzene rings is 1. The summed E-state index contributed by atoms with van der Waals surface area (Å²) >= 11 is 0. The molecule has 3 N–H and O–H groups in total. The Hall–Kier alpha value is -1.65. The lowest BCUT2D eigenvalue weighted by Crippen LogP contribution is -2.61. The Morgan fingerprint density at radius 2 is 2.00 bits per heavy atom. The summed E-state index contributed by atoms with van der Waals surface area (Å²) in [4.78, 5) is 10.6. The number of carboxylic acid groups (broad SMARTS) is 1. The standard InChI is InChI=1S/C25H37NO3/c1-25(2)19-15-22(25)21(12-8-3-4-9-13-24(28)29)23(16-19)26-17-20(27)14-18-10-6-5-7-11-18/h3,5-8,10-11,19-23,26-27H,4,9,12-17H2,1-2H3,(H,28,29)/b8-3+. The fourth-order valence-corrected chi connectivity index (χ4v) is 5.50. The predicted octanol–water partition coefficient (Wildman–Crippen LogP) is 4.43. The molecule has 4 nitrogen and oxygen atoms in total. The van der Waals surface area contributed by atoms with Gasteiger partial charge in [-0.3, -0.25) is 4.79 Å². The zero-order chi connectivity index (χ0) is 20.9. The highest BCUT2D eigenvalue weighted by Gasteiger charge is 2.56. The highest BCUT2D eigenvalue weighted by Crippen LogP contribution is 2.62. The van der Waals surface area contributed by atoms with Crippen LogP contribution in [0.5, 0.6) is 0 Å². The van der Waals surface area contributed by atoms with Crippen LogP contribution in [0.1, 0.15) is 57.9 Å². The van der Waals surface area contributed by atoms with Crippen LogP contribution >= 0.6 is 0 Å². The number of aliphatic hydroxyl groups is 1. The van der Waals surface area contributed by atoms with Gasteiger partial charge in [0.05, 0.1) is 6.10 Å². The minimum atomic E-state index is -0.716. The fraction of sp³-hybridized carbons (Fsp3) is 0.640. The average Bonchev–Trinajstić information content (AvgIpc) is 2.69. The van der Waals surface area contributed by atoms with Gasteiger partial charge in [-0.2, -0.15) is 0 Å². The van der Waals surface area contributed by atoms with Crippen LogP contribution in [0.15, 0.2) is 42.5 Å². The molecule has 2 bridgehead atoms. The molecule has 3 aliphatic rings. The minimum absolute atomic E-state index is 0.245. The molecule has 5 unspecified atom stereocenters. The maximum absolute atomic E-state index is 10.6. The molecule has 0 spiro atoms. The molecule has 0 amide bonds. The Bertz CT molecular complexity index is 685. The Morgan fingerprint density at radius 1 is 1.24 bits per heavy atom. The van der Waals surface area contributed by atoms with Crippen molar-refractivity contribution in [2.45, 2.75) is 70.9 Å². The number of aliphatic hydroxyl groups excluding tert-OH is 1. The largest absolute Gasteiger partial charge is 0.481 e. The van der Waals surface area contributed by atoms with Gasteiger partial charge in [-0.15, -0.1) is 0 Å². The maximum atomic E-state index is 10.6. The van der Waals surface area contributed by atoms with Gasteiger partial charge in [-0.05, 0) is 67.3 Å². The Labute approximate surface area is 175 Å². The van der Waals surface area contributed by atoms with E-state index < -0.39 is 5.97 Å². The first-order chi connectivity index (χ1) is 13.9. The summed E-state index contributed by atoms with van der Waals surface area (Å²) in [5.41, 5.74) is 1.60. The number of fused-ring (bicyclic) bond motifs is 2. The number of allylic oxidation sites excluding steroid dienone is 2. The predicted molar refractivity (Wildman–Crippen MR) is 117 cm³/mol. The number of nitrogens with one attached hydrogen (secondary N) is 1. The second kappa shape index (κ2) is 9.90. The third-order valence-corrected chi connectivity index (χ3v) is 7.38. The van der Waals surface area contributed by atoms with Crippen molar-refractivity contribution in [2.24, 2.45) is 23.2 Å².